The van der Waals surface area contributed by atoms with E-state index < -0.39 is 0 Å². The SMILES string of the molecule is CN=C(NCCc1c[nH]c2ccc(F)cc12)NCc1c(OC)cc(OC)cc1OC.I. The van der Waals surface area contributed by atoms with Gasteiger partial charge in [-0.15, -0.1) is 24.0 Å². The molecule has 0 saturated carbocycles. The Morgan fingerprint density at radius 3 is 2.35 bits per heavy atom. The molecule has 0 atom stereocenters. The Morgan fingerprint density at radius 1 is 1.03 bits per heavy atom. The lowest BCUT2D eigenvalue weighted by atomic mass is 10.1. The van der Waals surface area contributed by atoms with Gasteiger partial charge in [0.2, 0.25) is 0 Å². The minimum absolute atomic E-state index is 0. The fraction of sp³-hybridized carbons (Fsp3) is 0.318. The van der Waals surface area contributed by atoms with Crippen molar-refractivity contribution in [1.29, 1.82) is 0 Å². The van der Waals surface area contributed by atoms with Crippen molar-refractivity contribution in [3.05, 3.63) is 53.5 Å². The van der Waals surface area contributed by atoms with Crippen LogP contribution in [0.1, 0.15) is 11.1 Å². The van der Waals surface area contributed by atoms with Crippen molar-refractivity contribution in [2.45, 2.75) is 13.0 Å². The molecule has 0 amide bonds. The van der Waals surface area contributed by atoms with Gasteiger partial charge in [0.25, 0.3) is 0 Å². The van der Waals surface area contributed by atoms with Crippen molar-refractivity contribution >= 4 is 40.8 Å². The van der Waals surface area contributed by atoms with Gasteiger partial charge in [-0.2, -0.15) is 0 Å². The number of methoxy groups -OCH3 is 3. The maximum absolute atomic E-state index is 13.5. The lowest BCUT2D eigenvalue weighted by molar-refractivity contribution is 0.368. The van der Waals surface area contributed by atoms with Crippen molar-refractivity contribution in [2.75, 3.05) is 34.9 Å². The fourth-order valence-electron chi connectivity index (χ4n) is 3.32. The number of aliphatic imine (C=N–C) groups is 1. The van der Waals surface area contributed by atoms with Crippen molar-refractivity contribution in [1.82, 2.24) is 15.6 Å². The van der Waals surface area contributed by atoms with Crippen LogP contribution in [0.5, 0.6) is 17.2 Å². The quantitative estimate of drug-likeness (QED) is 0.229. The Kier molecular flexibility index (Phi) is 9.22. The molecule has 168 valence electrons. The molecule has 3 rings (SSSR count). The number of aromatic nitrogens is 1. The standard InChI is InChI=1S/C22H27FN4O3.HI/c1-24-22(25-8-7-14-12-26-19-6-5-15(23)9-17(14)19)27-13-18-20(29-3)10-16(28-2)11-21(18)30-4;/h5-6,9-12,26H,7-8,13H2,1-4H3,(H2,24,25,27);1H. The van der Waals surface area contributed by atoms with Crippen molar-refractivity contribution in [3.8, 4) is 17.2 Å². The van der Waals surface area contributed by atoms with Gasteiger partial charge in [0.05, 0.1) is 33.4 Å². The van der Waals surface area contributed by atoms with Crippen molar-refractivity contribution in [3.63, 3.8) is 0 Å². The van der Waals surface area contributed by atoms with Crippen LogP contribution in [0, 0.1) is 5.82 Å². The molecular formula is C22H28FIN4O3. The molecule has 1 aromatic heterocycles. The van der Waals surface area contributed by atoms with Crippen molar-refractivity contribution < 1.29 is 18.6 Å². The average Bonchev–Trinajstić information content (AvgIpc) is 3.17. The second kappa shape index (κ2) is 11.6. The van der Waals surface area contributed by atoms with E-state index >= 15 is 0 Å². The molecule has 0 aliphatic rings. The van der Waals surface area contributed by atoms with Gasteiger partial charge in [-0.3, -0.25) is 4.99 Å². The third-order valence-corrected chi connectivity index (χ3v) is 4.89. The van der Waals surface area contributed by atoms with Crippen LogP contribution in [0.15, 0.2) is 41.5 Å². The maximum Gasteiger partial charge on any atom is 0.191 e. The Morgan fingerprint density at radius 2 is 1.74 bits per heavy atom. The van der Waals surface area contributed by atoms with Crippen LogP contribution < -0.4 is 24.8 Å². The summed E-state index contributed by atoms with van der Waals surface area (Å²) in [6.07, 6.45) is 2.63. The van der Waals surface area contributed by atoms with Crippen LogP contribution in [0.25, 0.3) is 10.9 Å². The second-order valence-electron chi connectivity index (χ2n) is 6.62. The van der Waals surface area contributed by atoms with Gasteiger partial charge in [0.1, 0.15) is 23.1 Å². The molecule has 0 saturated heterocycles. The lowest BCUT2D eigenvalue weighted by Gasteiger charge is -2.17. The smallest absolute Gasteiger partial charge is 0.191 e. The predicted molar refractivity (Wildman–Crippen MR) is 132 cm³/mol. The third-order valence-electron chi connectivity index (χ3n) is 4.89. The predicted octanol–water partition coefficient (Wildman–Crippen LogP) is 3.86. The van der Waals surface area contributed by atoms with Gasteiger partial charge < -0.3 is 29.8 Å². The van der Waals surface area contributed by atoms with E-state index in [1.807, 2.05) is 18.3 Å². The molecule has 7 nitrogen and oxygen atoms in total. The van der Waals surface area contributed by atoms with E-state index in [-0.39, 0.29) is 29.8 Å². The number of halogens is 2. The highest BCUT2D eigenvalue weighted by molar-refractivity contribution is 14.0. The summed E-state index contributed by atoms with van der Waals surface area (Å²) >= 11 is 0. The Hall–Kier alpha value is -2.69. The first-order valence-corrected chi connectivity index (χ1v) is 9.58. The number of hydrogen-bond acceptors (Lipinski definition) is 4. The minimum Gasteiger partial charge on any atom is -0.496 e. The molecule has 1 heterocycles. The molecule has 3 N–H and O–H groups in total. The summed E-state index contributed by atoms with van der Waals surface area (Å²) < 4.78 is 29.8. The molecule has 9 heteroatoms. The summed E-state index contributed by atoms with van der Waals surface area (Å²) in [5.74, 6) is 2.38. The average molecular weight is 542 g/mol. The number of guanidine groups is 1. The zero-order valence-electron chi connectivity index (χ0n) is 18.0. The summed E-state index contributed by atoms with van der Waals surface area (Å²) in [7, 11) is 6.52. The largest absolute Gasteiger partial charge is 0.496 e. The Balaban J connectivity index is 0.00000341. The highest BCUT2D eigenvalue weighted by Crippen LogP contribution is 2.33. The number of hydrogen-bond donors (Lipinski definition) is 3. The monoisotopic (exact) mass is 542 g/mol. The first-order valence-electron chi connectivity index (χ1n) is 9.58. The topological polar surface area (TPSA) is 79.9 Å². The van der Waals surface area contributed by atoms with Gasteiger partial charge in [-0.05, 0) is 30.2 Å². The van der Waals surface area contributed by atoms with Crippen LogP contribution in [-0.4, -0.2) is 45.9 Å². The number of ether oxygens (including phenoxy) is 3. The van der Waals surface area contributed by atoms with E-state index in [1.165, 1.54) is 6.07 Å². The first kappa shape index (κ1) is 24.6. The van der Waals surface area contributed by atoms with Gasteiger partial charge in [-0.25, -0.2) is 4.39 Å². The van der Waals surface area contributed by atoms with Gasteiger partial charge in [0, 0.05) is 42.8 Å². The highest BCUT2D eigenvalue weighted by atomic mass is 127. The summed E-state index contributed by atoms with van der Waals surface area (Å²) in [6, 6.07) is 8.38. The number of nitrogens with zero attached hydrogens (tertiary/aromatic N) is 1. The van der Waals surface area contributed by atoms with E-state index in [9.17, 15) is 4.39 Å². The van der Waals surface area contributed by atoms with Crippen molar-refractivity contribution in [2.24, 2.45) is 4.99 Å². The number of H-pyrrole nitrogens is 1. The third kappa shape index (κ3) is 5.93. The summed E-state index contributed by atoms with van der Waals surface area (Å²) in [5, 5.41) is 7.44. The van der Waals surface area contributed by atoms with Gasteiger partial charge in [-0.1, -0.05) is 0 Å². The van der Waals surface area contributed by atoms with Crippen LogP contribution in [-0.2, 0) is 13.0 Å². The van der Waals surface area contributed by atoms with E-state index in [4.69, 9.17) is 14.2 Å². The number of benzene rings is 2. The summed E-state index contributed by atoms with van der Waals surface area (Å²) in [5.41, 5.74) is 2.83. The first-order chi connectivity index (χ1) is 14.6. The number of aromatic amines is 1. The van der Waals surface area contributed by atoms with Crippen LogP contribution in [0.2, 0.25) is 0 Å². The van der Waals surface area contributed by atoms with Crippen LogP contribution >= 0.6 is 24.0 Å². The molecule has 0 fully saturated rings. The number of rotatable bonds is 8. The zero-order chi connectivity index (χ0) is 21.5. The molecule has 0 bridgehead atoms. The molecule has 3 aromatic rings. The van der Waals surface area contributed by atoms with E-state index in [1.54, 1.807) is 40.5 Å². The van der Waals surface area contributed by atoms with E-state index in [0.717, 1.165) is 28.5 Å². The normalized spacial score (nSPS) is 11.1. The molecule has 0 radical (unpaired) electrons. The molecule has 0 unspecified atom stereocenters. The van der Waals surface area contributed by atoms with Gasteiger partial charge >= 0.3 is 0 Å². The van der Waals surface area contributed by atoms with Crippen LogP contribution in [0.4, 0.5) is 4.39 Å². The lowest BCUT2D eigenvalue weighted by Crippen LogP contribution is -2.38. The molecule has 31 heavy (non-hydrogen) atoms. The molecule has 0 aliphatic heterocycles. The molecule has 2 aromatic carbocycles. The number of fused-ring (bicyclic) bond motifs is 1. The van der Waals surface area contributed by atoms with Gasteiger partial charge in [0.15, 0.2) is 5.96 Å². The molecule has 0 spiro atoms. The Labute approximate surface area is 198 Å². The fourth-order valence-corrected chi connectivity index (χ4v) is 3.32. The van der Waals surface area contributed by atoms with E-state index in [0.29, 0.717) is 36.3 Å². The maximum atomic E-state index is 13.5. The number of nitrogens with one attached hydrogen (secondary N) is 3. The summed E-state index contributed by atoms with van der Waals surface area (Å²) in [6.45, 7) is 1.09. The van der Waals surface area contributed by atoms with E-state index in [2.05, 4.69) is 20.6 Å². The second-order valence-corrected chi connectivity index (χ2v) is 6.62. The zero-order valence-corrected chi connectivity index (χ0v) is 20.4. The van der Waals surface area contributed by atoms with Crippen LogP contribution in [0.3, 0.4) is 0 Å². The molecule has 0 aliphatic carbocycles. The summed E-state index contributed by atoms with van der Waals surface area (Å²) in [4.78, 5) is 7.43. The minimum atomic E-state index is -0.240. The molecular weight excluding hydrogens is 514 g/mol. The highest BCUT2D eigenvalue weighted by Gasteiger charge is 2.14. The Bertz CT molecular complexity index is 1010.